The lowest BCUT2D eigenvalue weighted by Gasteiger charge is -2.19. The van der Waals surface area contributed by atoms with Crippen molar-refractivity contribution in [1.29, 1.82) is 0 Å². The fourth-order valence-corrected chi connectivity index (χ4v) is 1.09. The van der Waals surface area contributed by atoms with Crippen molar-refractivity contribution in [2.45, 2.75) is 13.0 Å². The van der Waals surface area contributed by atoms with Gasteiger partial charge in [-0.2, -0.15) is 0 Å². The van der Waals surface area contributed by atoms with Gasteiger partial charge in [0.05, 0.1) is 5.69 Å². The van der Waals surface area contributed by atoms with Crippen LogP contribution in [0.5, 0.6) is 0 Å². The molecule has 0 saturated carbocycles. The molecule has 1 aromatic rings. The zero-order chi connectivity index (χ0) is 9.84. The molecule has 0 aliphatic carbocycles. The fraction of sp³-hybridized carbons (Fsp3) is 0.222. The van der Waals surface area contributed by atoms with Gasteiger partial charge >= 0.3 is 5.97 Å². The standard InChI is InChI=1S/C9H10ClNO2/c1-7(9(12)13)11(10)8-5-3-2-4-6-8/h2-7H,1H3,(H,12,13)/t7-/m1/s1. The summed E-state index contributed by atoms with van der Waals surface area (Å²) >= 11 is 5.80. The monoisotopic (exact) mass is 199 g/mol. The van der Waals surface area contributed by atoms with Gasteiger partial charge in [-0.3, -0.25) is 4.42 Å². The zero-order valence-corrected chi connectivity index (χ0v) is 7.90. The number of anilines is 1. The number of aliphatic carboxylic acids is 1. The second-order valence-electron chi connectivity index (χ2n) is 2.66. The summed E-state index contributed by atoms with van der Waals surface area (Å²) in [5, 5.41) is 8.69. The Morgan fingerprint density at radius 2 is 2.00 bits per heavy atom. The molecule has 0 radical (unpaired) electrons. The molecule has 13 heavy (non-hydrogen) atoms. The Morgan fingerprint density at radius 1 is 1.46 bits per heavy atom. The molecule has 3 nitrogen and oxygen atoms in total. The van der Waals surface area contributed by atoms with Crippen molar-refractivity contribution >= 4 is 23.4 Å². The molecule has 1 N–H and O–H groups in total. The van der Waals surface area contributed by atoms with Gasteiger partial charge in [-0.15, -0.1) is 0 Å². The highest BCUT2D eigenvalue weighted by Gasteiger charge is 2.18. The summed E-state index contributed by atoms with van der Waals surface area (Å²) < 4.78 is 1.20. The Balaban J connectivity index is 2.79. The Morgan fingerprint density at radius 3 is 2.46 bits per heavy atom. The fourth-order valence-electron chi connectivity index (χ4n) is 0.891. The second kappa shape index (κ2) is 4.14. The van der Waals surface area contributed by atoms with Crippen LogP contribution in [0.25, 0.3) is 0 Å². The molecule has 0 aliphatic rings. The van der Waals surface area contributed by atoms with Crippen molar-refractivity contribution in [2.75, 3.05) is 4.42 Å². The van der Waals surface area contributed by atoms with Crippen LogP contribution in [-0.2, 0) is 4.79 Å². The summed E-state index contributed by atoms with van der Waals surface area (Å²) in [6, 6.07) is 8.24. The van der Waals surface area contributed by atoms with Crippen molar-refractivity contribution in [3.63, 3.8) is 0 Å². The molecule has 0 amide bonds. The summed E-state index contributed by atoms with van der Waals surface area (Å²) in [5.41, 5.74) is 0.680. The van der Waals surface area contributed by atoms with Crippen LogP contribution in [0.3, 0.4) is 0 Å². The number of halogens is 1. The van der Waals surface area contributed by atoms with Crippen molar-refractivity contribution in [2.24, 2.45) is 0 Å². The number of hydrogen-bond acceptors (Lipinski definition) is 2. The number of hydrogen-bond donors (Lipinski definition) is 1. The van der Waals surface area contributed by atoms with E-state index in [-0.39, 0.29) is 0 Å². The first-order valence-corrected chi connectivity index (χ1v) is 4.19. The minimum Gasteiger partial charge on any atom is -0.480 e. The number of carboxylic acid groups (broad SMARTS) is 1. The van der Waals surface area contributed by atoms with Gasteiger partial charge in [0.25, 0.3) is 0 Å². The van der Waals surface area contributed by atoms with E-state index in [0.717, 1.165) is 0 Å². The van der Waals surface area contributed by atoms with E-state index in [2.05, 4.69) is 0 Å². The molecular formula is C9H10ClNO2. The number of benzene rings is 1. The first kappa shape index (κ1) is 9.86. The van der Waals surface area contributed by atoms with E-state index >= 15 is 0 Å². The van der Waals surface area contributed by atoms with E-state index in [1.165, 1.54) is 11.3 Å². The highest BCUT2D eigenvalue weighted by atomic mass is 35.5. The normalized spacial score (nSPS) is 12.2. The number of carboxylic acids is 1. The first-order valence-electron chi connectivity index (χ1n) is 3.86. The lowest BCUT2D eigenvalue weighted by Crippen LogP contribution is -2.31. The van der Waals surface area contributed by atoms with E-state index in [9.17, 15) is 4.79 Å². The predicted octanol–water partition coefficient (Wildman–Crippen LogP) is 2.12. The molecule has 0 spiro atoms. The Hall–Kier alpha value is -1.22. The molecule has 0 aromatic heterocycles. The van der Waals surface area contributed by atoms with E-state index in [1.807, 2.05) is 6.07 Å². The molecule has 0 heterocycles. The van der Waals surface area contributed by atoms with Crippen LogP contribution in [0.1, 0.15) is 6.92 Å². The number of para-hydroxylation sites is 1. The Kier molecular flexibility index (Phi) is 3.14. The minimum atomic E-state index is -0.946. The molecule has 0 bridgehead atoms. The van der Waals surface area contributed by atoms with Gasteiger partial charge in [0.2, 0.25) is 0 Å². The number of nitrogens with zero attached hydrogens (tertiary/aromatic N) is 1. The SMILES string of the molecule is C[C@H](C(=O)O)N(Cl)c1ccccc1. The zero-order valence-electron chi connectivity index (χ0n) is 7.14. The van der Waals surface area contributed by atoms with Crippen molar-refractivity contribution < 1.29 is 9.90 Å². The molecule has 0 fully saturated rings. The summed E-state index contributed by atoms with van der Waals surface area (Å²) in [6.07, 6.45) is 0. The summed E-state index contributed by atoms with van der Waals surface area (Å²) in [5.74, 6) is -0.946. The first-order chi connectivity index (χ1) is 6.13. The molecule has 70 valence electrons. The predicted molar refractivity (Wildman–Crippen MR) is 51.9 cm³/mol. The summed E-state index contributed by atoms with van der Waals surface area (Å²) in [4.78, 5) is 10.6. The van der Waals surface area contributed by atoms with Gasteiger partial charge < -0.3 is 5.11 Å². The highest BCUT2D eigenvalue weighted by Crippen LogP contribution is 2.18. The van der Waals surface area contributed by atoms with Gasteiger partial charge in [0.1, 0.15) is 6.04 Å². The average Bonchev–Trinajstić information content (AvgIpc) is 2.17. The molecule has 1 atom stereocenters. The van der Waals surface area contributed by atoms with Gasteiger partial charge in [-0.25, -0.2) is 4.79 Å². The maximum Gasteiger partial charge on any atom is 0.327 e. The molecule has 1 aromatic carbocycles. The lowest BCUT2D eigenvalue weighted by molar-refractivity contribution is -0.137. The minimum absolute atomic E-state index is 0.680. The van der Waals surface area contributed by atoms with E-state index < -0.39 is 12.0 Å². The number of rotatable bonds is 3. The third kappa shape index (κ3) is 2.36. The third-order valence-electron chi connectivity index (χ3n) is 1.70. The van der Waals surface area contributed by atoms with E-state index in [0.29, 0.717) is 5.69 Å². The van der Waals surface area contributed by atoms with E-state index in [1.54, 1.807) is 24.3 Å². The Bertz CT molecular complexity index is 289. The Labute approximate surface area is 81.7 Å². The molecule has 4 heteroatoms. The molecule has 0 saturated heterocycles. The van der Waals surface area contributed by atoms with Gasteiger partial charge in [0, 0.05) is 11.8 Å². The molecular weight excluding hydrogens is 190 g/mol. The maximum absolute atomic E-state index is 10.6. The maximum atomic E-state index is 10.6. The van der Waals surface area contributed by atoms with Gasteiger partial charge in [0.15, 0.2) is 0 Å². The molecule has 1 rings (SSSR count). The van der Waals surface area contributed by atoms with Crippen LogP contribution >= 0.6 is 11.8 Å². The van der Waals surface area contributed by atoms with Crippen LogP contribution in [0.4, 0.5) is 5.69 Å². The number of carbonyl (C=O) groups is 1. The summed E-state index contributed by atoms with van der Waals surface area (Å²) in [7, 11) is 0. The third-order valence-corrected chi connectivity index (χ3v) is 2.19. The van der Waals surface area contributed by atoms with Crippen molar-refractivity contribution in [1.82, 2.24) is 0 Å². The van der Waals surface area contributed by atoms with Crippen LogP contribution in [0, 0.1) is 0 Å². The van der Waals surface area contributed by atoms with Crippen molar-refractivity contribution in [3.05, 3.63) is 30.3 Å². The molecule has 0 aliphatic heterocycles. The quantitative estimate of drug-likeness (QED) is 0.759. The van der Waals surface area contributed by atoms with E-state index in [4.69, 9.17) is 16.9 Å². The highest BCUT2D eigenvalue weighted by molar-refractivity contribution is 6.27. The lowest BCUT2D eigenvalue weighted by atomic mass is 10.3. The van der Waals surface area contributed by atoms with Crippen LogP contribution < -0.4 is 4.42 Å². The topological polar surface area (TPSA) is 40.5 Å². The largest absolute Gasteiger partial charge is 0.480 e. The molecule has 0 unspecified atom stereocenters. The second-order valence-corrected chi connectivity index (χ2v) is 3.03. The van der Waals surface area contributed by atoms with Crippen LogP contribution in [0.2, 0.25) is 0 Å². The smallest absolute Gasteiger partial charge is 0.327 e. The van der Waals surface area contributed by atoms with Gasteiger partial charge in [-0.05, 0) is 19.1 Å². The van der Waals surface area contributed by atoms with Crippen LogP contribution in [-0.4, -0.2) is 17.1 Å². The van der Waals surface area contributed by atoms with Gasteiger partial charge in [-0.1, -0.05) is 18.2 Å². The summed E-state index contributed by atoms with van der Waals surface area (Å²) in [6.45, 7) is 1.53. The van der Waals surface area contributed by atoms with Crippen molar-refractivity contribution in [3.8, 4) is 0 Å². The van der Waals surface area contributed by atoms with Crippen LogP contribution in [0.15, 0.2) is 30.3 Å². The average molecular weight is 200 g/mol.